The predicted octanol–water partition coefficient (Wildman–Crippen LogP) is 0.566. The Balaban J connectivity index is 5.16. The molecular weight excluding hydrogens is 296 g/mol. The number of amides is 1. The van der Waals surface area contributed by atoms with Gasteiger partial charge in [-0.25, -0.2) is 17.9 Å². The molecule has 0 bridgehead atoms. The molecule has 0 saturated heterocycles. The van der Waals surface area contributed by atoms with Crippen molar-refractivity contribution in [2.24, 2.45) is 11.3 Å². The fraction of sp³-hybridized carbons (Fsp3) is 0.846. The van der Waals surface area contributed by atoms with E-state index in [2.05, 4.69) is 10.0 Å². The first kappa shape index (κ1) is 19.9. The second-order valence-corrected chi connectivity index (χ2v) is 8.50. The van der Waals surface area contributed by atoms with Crippen molar-refractivity contribution in [3.8, 4) is 0 Å². The van der Waals surface area contributed by atoms with Crippen LogP contribution in [-0.4, -0.2) is 43.7 Å². The summed E-state index contributed by atoms with van der Waals surface area (Å²) in [5, 5.41) is 11.6. The van der Waals surface area contributed by atoms with E-state index in [4.69, 9.17) is 0 Å². The third kappa shape index (κ3) is 8.01. The highest BCUT2D eigenvalue weighted by atomic mass is 32.2. The van der Waals surface area contributed by atoms with Crippen LogP contribution in [0, 0.1) is 11.3 Å². The summed E-state index contributed by atoms with van der Waals surface area (Å²) in [7, 11) is -3.56. The fourth-order valence-corrected chi connectivity index (χ4v) is 2.55. The Morgan fingerprint density at radius 1 is 1.19 bits per heavy atom. The number of rotatable bonds is 7. The third-order valence-corrected chi connectivity index (χ3v) is 3.49. The summed E-state index contributed by atoms with van der Waals surface area (Å²) >= 11 is 0. The summed E-state index contributed by atoms with van der Waals surface area (Å²) in [6.45, 7) is 8.76. The Morgan fingerprint density at radius 3 is 1.95 bits per heavy atom. The topological polar surface area (TPSA) is 113 Å². The van der Waals surface area contributed by atoms with Crippen LogP contribution < -0.4 is 10.0 Å². The third-order valence-electron chi connectivity index (χ3n) is 2.78. The Kier molecular flexibility index (Phi) is 6.82. The number of hydrogen-bond acceptors (Lipinski definition) is 4. The number of sulfonamides is 1. The highest BCUT2D eigenvalue weighted by Crippen LogP contribution is 2.20. The first-order valence-electron chi connectivity index (χ1n) is 6.74. The SMILES string of the molecule is CC(C)CC(NS(C)(=O)=O)C(=O)N[C@H](C(=O)O)C(C)(C)C. The van der Waals surface area contributed by atoms with Crippen LogP contribution in [-0.2, 0) is 19.6 Å². The number of nitrogens with one attached hydrogen (secondary N) is 2. The van der Waals surface area contributed by atoms with Crippen LogP contribution in [0.3, 0.4) is 0 Å². The first-order chi connectivity index (χ1) is 9.24. The van der Waals surface area contributed by atoms with Crippen LogP contribution in [0.4, 0.5) is 0 Å². The minimum Gasteiger partial charge on any atom is -0.480 e. The van der Waals surface area contributed by atoms with Crippen LogP contribution in [0.1, 0.15) is 41.0 Å². The number of carbonyl (C=O) groups is 2. The maximum absolute atomic E-state index is 12.2. The molecule has 1 amide bonds. The van der Waals surface area contributed by atoms with E-state index in [1.54, 1.807) is 20.8 Å². The van der Waals surface area contributed by atoms with E-state index in [1.807, 2.05) is 13.8 Å². The van der Waals surface area contributed by atoms with Gasteiger partial charge in [-0.15, -0.1) is 0 Å². The maximum Gasteiger partial charge on any atom is 0.326 e. The molecule has 0 aliphatic rings. The molecule has 8 heteroatoms. The minimum absolute atomic E-state index is 0.0768. The number of hydrogen-bond donors (Lipinski definition) is 3. The highest BCUT2D eigenvalue weighted by molar-refractivity contribution is 7.88. The largest absolute Gasteiger partial charge is 0.480 e. The van der Waals surface area contributed by atoms with E-state index in [1.165, 1.54) is 0 Å². The molecule has 0 aromatic carbocycles. The molecule has 2 atom stereocenters. The molecule has 7 nitrogen and oxygen atoms in total. The molecule has 0 spiro atoms. The average molecular weight is 322 g/mol. The Morgan fingerprint density at radius 2 is 1.67 bits per heavy atom. The average Bonchev–Trinajstić information content (AvgIpc) is 2.19. The van der Waals surface area contributed by atoms with Crippen molar-refractivity contribution in [2.75, 3.05) is 6.26 Å². The van der Waals surface area contributed by atoms with E-state index < -0.39 is 39.4 Å². The van der Waals surface area contributed by atoms with E-state index in [-0.39, 0.29) is 12.3 Å². The standard InChI is InChI=1S/C13H26N2O5S/c1-8(2)7-9(15-21(6,19)20)11(16)14-10(12(17)18)13(3,4)5/h8-10,15H,7H2,1-6H3,(H,14,16)(H,17,18)/t9?,10-/m1/s1. The fourth-order valence-electron chi connectivity index (χ4n) is 1.83. The molecular formula is C13H26N2O5S. The number of aliphatic carboxylic acids is 1. The summed E-state index contributed by atoms with van der Waals surface area (Å²) in [5.74, 6) is -1.71. The van der Waals surface area contributed by atoms with Crippen LogP contribution in [0.15, 0.2) is 0 Å². The smallest absolute Gasteiger partial charge is 0.326 e. The van der Waals surface area contributed by atoms with Gasteiger partial charge in [-0.1, -0.05) is 34.6 Å². The quantitative estimate of drug-likeness (QED) is 0.634. The molecule has 0 rings (SSSR count). The van der Waals surface area contributed by atoms with Gasteiger partial charge in [0.05, 0.1) is 6.26 Å². The van der Waals surface area contributed by atoms with Crippen LogP contribution in [0.2, 0.25) is 0 Å². The van der Waals surface area contributed by atoms with Crippen LogP contribution in [0.5, 0.6) is 0 Å². The Hall–Kier alpha value is -1.15. The zero-order valence-corrected chi connectivity index (χ0v) is 14.2. The molecule has 0 radical (unpaired) electrons. The van der Waals surface area contributed by atoms with Gasteiger partial charge in [-0.3, -0.25) is 4.79 Å². The second kappa shape index (κ2) is 7.22. The molecule has 0 fully saturated rings. The zero-order chi connectivity index (χ0) is 17.0. The summed E-state index contributed by atoms with van der Waals surface area (Å²) in [5.41, 5.74) is -0.686. The molecule has 124 valence electrons. The molecule has 0 saturated carbocycles. The number of carboxylic acid groups (broad SMARTS) is 1. The van der Waals surface area contributed by atoms with E-state index >= 15 is 0 Å². The minimum atomic E-state index is -3.56. The molecule has 1 unspecified atom stereocenters. The van der Waals surface area contributed by atoms with E-state index in [9.17, 15) is 23.1 Å². The molecule has 0 aromatic rings. The number of carbonyl (C=O) groups excluding carboxylic acids is 1. The highest BCUT2D eigenvalue weighted by Gasteiger charge is 2.35. The van der Waals surface area contributed by atoms with Crippen molar-refractivity contribution in [2.45, 2.75) is 53.1 Å². The van der Waals surface area contributed by atoms with Crippen molar-refractivity contribution in [3.63, 3.8) is 0 Å². The predicted molar refractivity (Wildman–Crippen MR) is 80.2 cm³/mol. The Labute approximate surface area is 126 Å². The van der Waals surface area contributed by atoms with Gasteiger partial charge in [-0.2, -0.15) is 0 Å². The lowest BCUT2D eigenvalue weighted by Crippen LogP contribution is -2.55. The van der Waals surface area contributed by atoms with E-state index in [0.29, 0.717) is 0 Å². The molecule has 0 aliphatic carbocycles. The van der Waals surface area contributed by atoms with Crippen molar-refractivity contribution < 1.29 is 23.1 Å². The molecule has 0 aliphatic heterocycles. The van der Waals surface area contributed by atoms with Gasteiger partial charge < -0.3 is 10.4 Å². The molecule has 0 heterocycles. The van der Waals surface area contributed by atoms with Crippen molar-refractivity contribution in [3.05, 3.63) is 0 Å². The van der Waals surface area contributed by atoms with Gasteiger partial charge in [0.25, 0.3) is 0 Å². The van der Waals surface area contributed by atoms with Crippen molar-refractivity contribution >= 4 is 21.9 Å². The second-order valence-electron chi connectivity index (χ2n) is 6.72. The molecule has 21 heavy (non-hydrogen) atoms. The normalized spacial score (nSPS) is 15.6. The van der Waals surface area contributed by atoms with Crippen molar-refractivity contribution in [1.82, 2.24) is 10.0 Å². The number of carboxylic acids is 1. The molecule has 0 aromatic heterocycles. The van der Waals surface area contributed by atoms with Gasteiger partial charge in [-0.05, 0) is 17.8 Å². The monoisotopic (exact) mass is 322 g/mol. The van der Waals surface area contributed by atoms with Crippen molar-refractivity contribution in [1.29, 1.82) is 0 Å². The summed E-state index contributed by atoms with van der Waals surface area (Å²) in [4.78, 5) is 23.5. The lowest BCUT2D eigenvalue weighted by molar-refractivity contribution is -0.145. The lowest BCUT2D eigenvalue weighted by Gasteiger charge is -2.29. The van der Waals surface area contributed by atoms with Gasteiger partial charge >= 0.3 is 5.97 Å². The van der Waals surface area contributed by atoms with Gasteiger partial charge in [0.2, 0.25) is 15.9 Å². The van der Waals surface area contributed by atoms with Gasteiger partial charge in [0.15, 0.2) is 0 Å². The first-order valence-corrected chi connectivity index (χ1v) is 8.63. The molecule has 3 N–H and O–H groups in total. The van der Waals surface area contributed by atoms with Gasteiger partial charge in [0.1, 0.15) is 12.1 Å². The summed E-state index contributed by atoms with van der Waals surface area (Å²) in [6, 6.07) is -2.08. The van der Waals surface area contributed by atoms with E-state index in [0.717, 1.165) is 6.26 Å². The summed E-state index contributed by atoms with van der Waals surface area (Å²) < 4.78 is 24.9. The van der Waals surface area contributed by atoms with Crippen LogP contribution >= 0.6 is 0 Å². The Bertz CT molecular complexity index is 479. The van der Waals surface area contributed by atoms with Crippen LogP contribution in [0.25, 0.3) is 0 Å². The summed E-state index contributed by atoms with van der Waals surface area (Å²) in [6.07, 6.45) is 1.25. The maximum atomic E-state index is 12.2. The van der Waals surface area contributed by atoms with Gasteiger partial charge in [0, 0.05) is 0 Å². The lowest BCUT2D eigenvalue weighted by atomic mass is 9.86. The zero-order valence-electron chi connectivity index (χ0n) is 13.4.